The van der Waals surface area contributed by atoms with Crippen LogP contribution in [0.3, 0.4) is 0 Å². The molecule has 0 spiro atoms. The second kappa shape index (κ2) is 5.91. The van der Waals surface area contributed by atoms with Crippen molar-refractivity contribution in [2.75, 3.05) is 26.2 Å². The molecule has 118 valence electrons. The van der Waals surface area contributed by atoms with Gasteiger partial charge in [0.25, 0.3) is 0 Å². The largest absolute Gasteiger partial charge is 0.444 e. The Balaban J connectivity index is 1.78. The number of carbonyl (C=O) groups is 3. The quantitative estimate of drug-likeness (QED) is 0.731. The molecule has 0 bridgehead atoms. The second-order valence-corrected chi connectivity index (χ2v) is 6.43. The third-order valence-electron chi connectivity index (χ3n) is 3.35. The fourth-order valence-electron chi connectivity index (χ4n) is 2.32. The highest BCUT2D eigenvalue weighted by atomic mass is 16.6. The lowest BCUT2D eigenvalue weighted by atomic mass is 10.2. The molecule has 21 heavy (non-hydrogen) atoms. The van der Waals surface area contributed by atoms with Crippen molar-refractivity contribution in [2.45, 2.75) is 45.3 Å². The number of ether oxygens (including phenoxy) is 2. The van der Waals surface area contributed by atoms with E-state index in [0.717, 1.165) is 0 Å². The van der Waals surface area contributed by atoms with Crippen molar-refractivity contribution in [2.24, 2.45) is 0 Å². The molecule has 0 radical (unpaired) electrons. The maximum Gasteiger partial charge on any atom is 0.410 e. The maximum atomic E-state index is 11.9. The van der Waals surface area contributed by atoms with E-state index >= 15 is 0 Å². The molecule has 2 rings (SSSR count). The number of hydrogen-bond acceptors (Lipinski definition) is 5. The average Bonchev–Trinajstić information content (AvgIpc) is 2.96. The molecule has 0 aromatic heterocycles. The summed E-state index contributed by atoms with van der Waals surface area (Å²) in [5.41, 5.74) is -0.540. The van der Waals surface area contributed by atoms with Crippen LogP contribution in [0.25, 0.3) is 0 Å². The summed E-state index contributed by atoms with van der Waals surface area (Å²) in [5.74, 6) is 0.0498. The molecule has 2 fully saturated rings. The predicted octanol–water partition coefficient (Wildman–Crippen LogP) is 1.41. The lowest BCUT2D eigenvalue weighted by molar-refractivity contribution is -0.116. The van der Waals surface area contributed by atoms with Gasteiger partial charge in [0.1, 0.15) is 11.7 Å². The lowest BCUT2D eigenvalue weighted by Crippen LogP contribution is -2.37. The van der Waals surface area contributed by atoms with Gasteiger partial charge in [-0.15, -0.1) is 0 Å². The Morgan fingerprint density at radius 1 is 1.14 bits per heavy atom. The molecule has 2 aliphatic heterocycles. The van der Waals surface area contributed by atoms with Gasteiger partial charge in [-0.05, 0) is 20.8 Å². The van der Waals surface area contributed by atoms with E-state index in [2.05, 4.69) is 0 Å². The molecular weight excluding hydrogens is 276 g/mol. The van der Waals surface area contributed by atoms with Gasteiger partial charge in [0.15, 0.2) is 5.78 Å². The van der Waals surface area contributed by atoms with Gasteiger partial charge >= 0.3 is 12.2 Å². The SMILES string of the molecule is CC(C)(C)OC(=O)N1CCC(OC(=O)N2CCC(=O)C2)C1. The highest BCUT2D eigenvalue weighted by Crippen LogP contribution is 2.18. The third-order valence-corrected chi connectivity index (χ3v) is 3.35. The molecule has 1 unspecified atom stereocenters. The van der Waals surface area contributed by atoms with E-state index in [0.29, 0.717) is 32.5 Å². The van der Waals surface area contributed by atoms with Crippen LogP contribution in [0.4, 0.5) is 9.59 Å². The van der Waals surface area contributed by atoms with Gasteiger partial charge in [0, 0.05) is 25.9 Å². The van der Waals surface area contributed by atoms with E-state index in [1.54, 1.807) is 4.90 Å². The molecule has 2 aliphatic rings. The van der Waals surface area contributed by atoms with Crippen LogP contribution in [0.15, 0.2) is 0 Å². The monoisotopic (exact) mass is 298 g/mol. The Bertz CT molecular complexity index is 443. The van der Waals surface area contributed by atoms with Crippen LogP contribution in [-0.4, -0.2) is 65.7 Å². The Morgan fingerprint density at radius 3 is 2.43 bits per heavy atom. The fraction of sp³-hybridized carbons (Fsp3) is 0.786. The smallest absolute Gasteiger partial charge is 0.410 e. The minimum atomic E-state index is -0.540. The van der Waals surface area contributed by atoms with Crippen molar-refractivity contribution in [3.8, 4) is 0 Å². The zero-order valence-corrected chi connectivity index (χ0v) is 12.8. The molecule has 2 saturated heterocycles. The van der Waals surface area contributed by atoms with E-state index in [9.17, 15) is 14.4 Å². The van der Waals surface area contributed by atoms with Crippen molar-refractivity contribution in [1.82, 2.24) is 9.80 Å². The number of amides is 2. The van der Waals surface area contributed by atoms with Gasteiger partial charge in [0.2, 0.25) is 0 Å². The van der Waals surface area contributed by atoms with Gasteiger partial charge < -0.3 is 19.3 Å². The first kappa shape index (κ1) is 15.6. The first-order valence-electron chi connectivity index (χ1n) is 7.20. The summed E-state index contributed by atoms with van der Waals surface area (Å²) in [6, 6.07) is 0. The fourth-order valence-corrected chi connectivity index (χ4v) is 2.32. The third kappa shape index (κ3) is 4.34. The van der Waals surface area contributed by atoms with Crippen molar-refractivity contribution in [3.63, 3.8) is 0 Å². The summed E-state index contributed by atoms with van der Waals surface area (Å²) in [4.78, 5) is 37.9. The molecule has 0 aromatic rings. The molecule has 2 amide bonds. The molecule has 0 aliphatic carbocycles. The highest BCUT2D eigenvalue weighted by Gasteiger charge is 2.33. The molecule has 2 heterocycles. The van der Waals surface area contributed by atoms with Crippen LogP contribution in [0, 0.1) is 0 Å². The van der Waals surface area contributed by atoms with Gasteiger partial charge in [0.05, 0.1) is 13.1 Å². The number of carbonyl (C=O) groups excluding carboxylic acids is 3. The van der Waals surface area contributed by atoms with Crippen LogP contribution in [0.5, 0.6) is 0 Å². The predicted molar refractivity (Wildman–Crippen MR) is 73.9 cm³/mol. The molecule has 7 heteroatoms. The van der Waals surface area contributed by atoms with Crippen molar-refractivity contribution in [1.29, 1.82) is 0 Å². The number of hydrogen-bond donors (Lipinski definition) is 0. The number of nitrogens with zero attached hydrogens (tertiary/aromatic N) is 2. The molecular formula is C14H22N2O5. The minimum absolute atomic E-state index is 0.0498. The summed E-state index contributed by atoms with van der Waals surface area (Å²) in [6.45, 7) is 6.81. The Labute approximate surface area is 124 Å². The second-order valence-electron chi connectivity index (χ2n) is 6.43. The van der Waals surface area contributed by atoms with Gasteiger partial charge in [-0.2, -0.15) is 0 Å². The Hall–Kier alpha value is -1.79. The van der Waals surface area contributed by atoms with E-state index in [-0.39, 0.29) is 18.4 Å². The summed E-state index contributed by atoms with van der Waals surface area (Å²) in [7, 11) is 0. The first-order chi connectivity index (χ1) is 9.74. The van der Waals surface area contributed by atoms with E-state index in [4.69, 9.17) is 9.47 Å². The van der Waals surface area contributed by atoms with Gasteiger partial charge in [-0.3, -0.25) is 4.79 Å². The Kier molecular flexibility index (Phi) is 4.39. The van der Waals surface area contributed by atoms with Crippen molar-refractivity contribution >= 4 is 18.0 Å². The van der Waals surface area contributed by atoms with Crippen LogP contribution >= 0.6 is 0 Å². The van der Waals surface area contributed by atoms with E-state index < -0.39 is 17.8 Å². The van der Waals surface area contributed by atoms with Crippen LogP contribution in [-0.2, 0) is 14.3 Å². The van der Waals surface area contributed by atoms with Crippen molar-refractivity contribution in [3.05, 3.63) is 0 Å². The van der Waals surface area contributed by atoms with E-state index in [1.807, 2.05) is 20.8 Å². The number of likely N-dealkylation sites (tertiary alicyclic amines) is 2. The molecule has 0 aromatic carbocycles. The van der Waals surface area contributed by atoms with E-state index in [1.165, 1.54) is 4.90 Å². The zero-order valence-electron chi connectivity index (χ0n) is 12.8. The van der Waals surface area contributed by atoms with Crippen LogP contribution < -0.4 is 0 Å². The standard InChI is InChI=1S/C14H22N2O5/c1-14(2,3)21-13(19)16-7-5-11(9-16)20-12(18)15-6-4-10(17)8-15/h11H,4-9H2,1-3H3. The minimum Gasteiger partial charge on any atom is -0.444 e. The molecule has 7 nitrogen and oxygen atoms in total. The van der Waals surface area contributed by atoms with Crippen LogP contribution in [0.1, 0.15) is 33.6 Å². The van der Waals surface area contributed by atoms with Gasteiger partial charge in [-0.1, -0.05) is 0 Å². The molecule has 0 saturated carbocycles. The van der Waals surface area contributed by atoms with Crippen molar-refractivity contribution < 1.29 is 23.9 Å². The lowest BCUT2D eigenvalue weighted by Gasteiger charge is -2.24. The summed E-state index contributed by atoms with van der Waals surface area (Å²) in [5, 5.41) is 0. The summed E-state index contributed by atoms with van der Waals surface area (Å²) < 4.78 is 10.6. The normalized spacial score (nSPS) is 22.6. The summed E-state index contributed by atoms with van der Waals surface area (Å²) in [6.07, 6.45) is -0.216. The van der Waals surface area contributed by atoms with Crippen LogP contribution in [0.2, 0.25) is 0 Å². The van der Waals surface area contributed by atoms with Gasteiger partial charge in [-0.25, -0.2) is 9.59 Å². The molecule has 0 N–H and O–H groups in total. The number of ketones is 1. The summed E-state index contributed by atoms with van der Waals surface area (Å²) >= 11 is 0. The maximum absolute atomic E-state index is 11.9. The number of Topliss-reactive ketones (excluding diaryl/α,β-unsaturated/α-hetero) is 1. The number of rotatable bonds is 1. The topological polar surface area (TPSA) is 76.2 Å². The average molecular weight is 298 g/mol. The zero-order chi connectivity index (χ0) is 15.6. The Morgan fingerprint density at radius 2 is 1.86 bits per heavy atom. The highest BCUT2D eigenvalue weighted by molar-refractivity contribution is 5.87. The first-order valence-corrected chi connectivity index (χ1v) is 7.20. The molecule has 1 atom stereocenters.